The van der Waals surface area contributed by atoms with Gasteiger partial charge in [-0.2, -0.15) is 0 Å². The Morgan fingerprint density at radius 2 is 0.761 bits per heavy atom. The highest BCUT2D eigenvalue weighted by Crippen LogP contribution is 2.19. The van der Waals surface area contributed by atoms with Crippen LogP contribution in [0, 0.1) is 0 Å². The molecule has 0 amide bonds. The molecule has 5 nitrogen and oxygen atoms in total. The molecule has 0 fully saturated rings. The first kappa shape index (κ1) is 47.6. The van der Waals surface area contributed by atoms with Crippen LogP contribution < -0.4 is 5.32 Å². The number of halogens is 1. The summed E-state index contributed by atoms with van der Waals surface area (Å²) < 4.78 is 0. The van der Waals surface area contributed by atoms with Crippen LogP contribution in [0.1, 0.15) is 226 Å². The van der Waals surface area contributed by atoms with Gasteiger partial charge in [-0.05, 0) is 12.8 Å². The minimum atomic E-state index is -1.84. The van der Waals surface area contributed by atoms with E-state index in [4.69, 9.17) is 0 Å². The molecule has 0 spiro atoms. The summed E-state index contributed by atoms with van der Waals surface area (Å²) >= 11 is 0. The van der Waals surface area contributed by atoms with Crippen LogP contribution in [0.2, 0.25) is 0 Å². The standard InChI is InChI=1S/C40H79NO4.ClH/c1-3-5-7-9-11-13-15-17-19-21-23-25-27-29-31-33-38(43)37-40(45,41-35-36-42)39(44)34-32-30-28-26-24-22-20-18-16-14-12-10-8-6-4-2;/h41-42,45H,3-37H2,1-2H3;1H. The molecule has 0 aromatic carbocycles. The van der Waals surface area contributed by atoms with E-state index in [-0.39, 0.29) is 50.0 Å². The molecule has 6 heteroatoms. The Morgan fingerprint density at radius 1 is 0.478 bits per heavy atom. The van der Waals surface area contributed by atoms with Crippen molar-refractivity contribution in [1.29, 1.82) is 0 Å². The first-order chi connectivity index (χ1) is 22.0. The van der Waals surface area contributed by atoms with Crippen molar-refractivity contribution in [3.05, 3.63) is 0 Å². The van der Waals surface area contributed by atoms with E-state index in [1.807, 2.05) is 0 Å². The van der Waals surface area contributed by atoms with Crippen molar-refractivity contribution in [2.24, 2.45) is 0 Å². The number of rotatable bonds is 38. The molecular formula is C40H80ClNO4. The highest BCUT2D eigenvalue weighted by Gasteiger charge is 2.36. The van der Waals surface area contributed by atoms with E-state index in [0.29, 0.717) is 6.42 Å². The third kappa shape index (κ3) is 32.1. The number of aliphatic hydroxyl groups is 2. The number of hydrogen-bond acceptors (Lipinski definition) is 5. The van der Waals surface area contributed by atoms with E-state index in [0.717, 1.165) is 38.5 Å². The van der Waals surface area contributed by atoms with Crippen LogP contribution in [0.5, 0.6) is 0 Å². The fourth-order valence-electron chi connectivity index (χ4n) is 6.45. The van der Waals surface area contributed by atoms with E-state index < -0.39 is 5.72 Å². The van der Waals surface area contributed by atoms with Gasteiger partial charge in [0.1, 0.15) is 5.78 Å². The van der Waals surface area contributed by atoms with Gasteiger partial charge in [0.15, 0.2) is 11.5 Å². The second-order valence-corrected chi connectivity index (χ2v) is 14.0. The van der Waals surface area contributed by atoms with Crippen molar-refractivity contribution in [2.75, 3.05) is 13.2 Å². The zero-order valence-electron chi connectivity index (χ0n) is 30.9. The molecule has 0 aliphatic heterocycles. The molecule has 0 aromatic rings. The molecule has 0 saturated heterocycles. The van der Waals surface area contributed by atoms with Crippen molar-refractivity contribution in [3.8, 4) is 0 Å². The van der Waals surface area contributed by atoms with Gasteiger partial charge in [-0.1, -0.05) is 194 Å². The van der Waals surface area contributed by atoms with Crippen molar-refractivity contribution < 1.29 is 19.8 Å². The van der Waals surface area contributed by atoms with Gasteiger partial charge in [0.2, 0.25) is 0 Å². The minimum absolute atomic E-state index is 0. The predicted octanol–water partition coefficient (Wildman–Crippen LogP) is 11.7. The number of hydrogen-bond donors (Lipinski definition) is 3. The molecular weight excluding hydrogens is 594 g/mol. The fraction of sp³-hybridized carbons (Fsp3) is 0.950. The Labute approximate surface area is 293 Å². The van der Waals surface area contributed by atoms with Crippen LogP contribution >= 0.6 is 12.4 Å². The minimum Gasteiger partial charge on any atom is -0.395 e. The van der Waals surface area contributed by atoms with E-state index >= 15 is 0 Å². The number of Topliss-reactive ketones (excluding diaryl/α,β-unsaturated/α-hetero) is 2. The first-order valence-electron chi connectivity index (χ1n) is 20.1. The van der Waals surface area contributed by atoms with Gasteiger partial charge in [-0.3, -0.25) is 14.9 Å². The predicted molar refractivity (Wildman–Crippen MR) is 201 cm³/mol. The smallest absolute Gasteiger partial charge is 0.182 e. The third-order valence-corrected chi connectivity index (χ3v) is 9.51. The summed E-state index contributed by atoms with van der Waals surface area (Å²) in [6.07, 6.45) is 38.7. The maximum absolute atomic E-state index is 12.9. The van der Waals surface area contributed by atoms with Gasteiger partial charge in [-0.15, -0.1) is 12.4 Å². The fourth-order valence-corrected chi connectivity index (χ4v) is 6.45. The number of carbonyl (C=O) groups is 2. The number of ketones is 2. The number of aliphatic hydroxyl groups excluding tert-OH is 1. The van der Waals surface area contributed by atoms with Crippen molar-refractivity contribution in [1.82, 2.24) is 5.32 Å². The van der Waals surface area contributed by atoms with Crippen molar-refractivity contribution in [3.63, 3.8) is 0 Å². The first-order valence-corrected chi connectivity index (χ1v) is 20.1. The van der Waals surface area contributed by atoms with Gasteiger partial charge in [0.05, 0.1) is 13.0 Å². The van der Waals surface area contributed by atoms with Crippen LogP contribution in [-0.4, -0.2) is 40.7 Å². The van der Waals surface area contributed by atoms with E-state index in [2.05, 4.69) is 19.2 Å². The average Bonchev–Trinajstić information content (AvgIpc) is 3.03. The van der Waals surface area contributed by atoms with Crippen LogP contribution in [0.3, 0.4) is 0 Å². The summed E-state index contributed by atoms with van der Waals surface area (Å²) in [5.41, 5.74) is -1.84. The van der Waals surface area contributed by atoms with Crippen molar-refractivity contribution in [2.45, 2.75) is 231 Å². The van der Waals surface area contributed by atoms with Gasteiger partial charge in [0.25, 0.3) is 0 Å². The summed E-state index contributed by atoms with van der Waals surface area (Å²) in [5.74, 6) is -0.377. The Morgan fingerprint density at radius 3 is 1.07 bits per heavy atom. The van der Waals surface area contributed by atoms with Crippen LogP contribution in [0.15, 0.2) is 0 Å². The molecule has 3 N–H and O–H groups in total. The topological polar surface area (TPSA) is 86.6 Å². The van der Waals surface area contributed by atoms with Gasteiger partial charge in [0, 0.05) is 19.4 Å². The molecule has 46 heavy (non-hydrogen) atoms. The molecule has 0 aliphatic carbocycles. The quantitative estimate of drug-likeness (QED) is 0.0448. The van der Waals surface area contributed by atoms with E-state index in [1.165, 1.54) is 154 Å². The molecule has 0 aliphatic rings. The third-order valence-electron chi connectivity index (χ3n) is 9.51. The highest BCUT2D eigenvalue weighted by atomic mass is 35.5. The van der Waals surface area contributed by atoms with E-state index in [1.54, 1.807) is 0 Å². The molecule has 1 atom stereocenters. The monoisotopic (exact) mass is 674 g/mol. The molecule has 0 heterocycles. The summed E-state index contributed by atoms with van der Waals surface area (Å²) in [7, 11) is 0. The summed E-state index contributed by atoms with van der Waals surface area (Å²) in [5, 5.41) is 23.0. The summed E-state index contributed by atoms with van der Waals surface area (Å²) in [4.78, 5) is 25.6. The van der Waals surface area contributed by atoms with E-state index in [9.17, 15) is 19.8 Å². The van der Waals surface area contributed by atoms with Gasteiger partial charge in [-0.25, -0.2) is 0 Å². The zero-order valence-corrected chi connectivity index (χ0v) is 31.7. The highest BCUT2D eigenvalue weighted by molar-refractivity contribution is 5.92. The largest absolute Gasteiger partial charge is 0.395 e. The lowest BCUT2D eigenvalue weighted by atomic mass is 9.94. The zero-order chi connectivity index (χ0) is 33.1. The lowest BCUT2D eigenvalue weighted by Crippen LogP contribution is -2.54. The molecule has 0 aromatic heterocycles. The number of carbonyl (C=O) groups excluding carboxylic acids is 2. The van der Waals surface area contributed by atoms with Crippen LogP contribution in [0.4, 0.5) is 0 Å². The maximum Gasteiger partial charge on any atom is 0.182 e. The molecule has 276 valence electrons. The Hall–Kier alpha value is -0.490. The summed E-state index contributed by atoms with van der Waals surface area (Å²) in [6, 6.07) is 0. The maximum atomic E-state index is 12.9. The molecule has 0 rings (SSSR count). The number of nitrogens with one attached hydrogen (secondary N) is 1. The average molecular weight is 675 g/mol. The Bertz CT molecular complexity index is 647. The molecule has 1 unspecified atom stereocenters. The number of unbranched alkanes of at least 4 members (excludes halogenated alkanes) is 28. The van der Waals surface area contributed by atoms with Crippen molar-refractivity contribution >= 4 is 24.0 Å². The SMILES string of the molecule is CCCCCCCCCCCCCCCCCC(=O)CC(O)(NCCO)C(=O)CCCCCCCCCCCCCCCCC.Cl. The lowest BCUT2D eigenvalue weighted by Gasteiger charge is -2.27. The van der Waals surface area contributed by atoms with Crippen LogP contribution in [0.25, 0.3) is 0 Å². The second kappa shape index (κ2) is 37.3. The van der Waals surface area contributed by atoms with Gasteiger partial charge < -0.3 is 10.2 Å². The Balaban J connectivity index is 0. The molecule has 0 bridgehead atoms. The summed E-state index contributed by atoms with van der Waals surface area (Å²) in [6.45, 7) is 4.46. The molecule has 0 radical (unpaired) electrons. The van der Waals surface area contributed by atoms with Gasteiger partial charge >= 0.3 is 0 Å². The molecule has 0 saturated carbocycles. The lowest BCUT2D eigenvalue weighted by molar-refractivity contribution is -0.146. The Kier molecular flexibility index (Phi) is 38.7. The van der Waals surface area contributed by atoms with Crippen LogP contribution in [-0.2, 0) is 9.59 Å². The second-order valence-electron chi connectivity index (χ2n) is 14.0. The normalized spacial score (nSPS) is 12.6.